The number of hydrogen-bond donors (Lipinski definition) is 1. The summed E-state index contributed by atoms with van der Waals surface area (Å²) in [5.74, 6) is -1.59. The van der Waals surface area contributed by atoms with Gasteiger partial charge in [-0.3, -0.25) is 14.9 Å². The second-order valence-corrected chi connectivity index (χ2v) is 7.70. The highest BCUT2D eigenvalue weighted by Gasteiger charge is 2.56. The van der Waals surface area contributed by atoms with Crippen LogP contribution in [0.25, 0.3) is 0 Å². The van der Waals surface area contributed by atoms with Gasteiger partial charge in [0.2, 0.25) is 5.91 Å². The highest BCUT2D eigenvalue weighted by Crippen LogP contribution is 2.41. The first kappa shape index (κ1) is 19.9. The summed E-state index contributed by atoms with van der Waals surface area (Å²) in [7, 11) is 1.72. The van der Waals surface area contributed by atoms with Crippen LogP contribution in [0, 0.1) is 12.3 Å². The summed E-state index contributed by atoms with van der Waals surface area (Å²) in [6, 6.07) is 8.53. The van der Waals surface area contributed by atoms with Crippen LogP contribution in [0.4, 0.5) is 29.3 Å². The van der Waals surface area contributed by atoms with Gasteiger partial charge in [-0.25, -0.2) is 9.69 Å². The Morgan fingerprint density at radius 2 is 1.80 bits per heavy atom. The number of barbiturate groups is 1. The normalized spacial score (nSPS) is 21.7. The van der Waals surface area contributed by atoms with Crippen molar-refractivity contribution < 1.29 is 27.6 Å². The van der Waals surface area contributed by atoms with E-state index in [-0.39, 0.29) is 18.7 Å². The van der Waals surface area contributed by atoms with Crippen LogP contribution in [0.1, 0.15) is 16.7 Å². The van der Waals surface area contributed by atoms with Gasteiger partial charge in [0.25, 0.3) is 5.91 Å². The number of benzene rings is 2. The van der Waals surface area contributed by atoms with Gasteiger partial charge in [0, 0.05) is 19.3 Å². The van der Waals surface area contributed by atoms with Gasteiger partial charge < -0.3 is 4.90 Å². The molecule has 30 heavy (non-hydrogen) atoms. The average molecular weight is 417 g/mol. The number of halogens is 3. The summed E-state index contributed by atoms with van der Waals surface area (Å²) in [6.45, 7) is 1.87. The number of anilines is 2. The molecule has 1 spiro atoms. The van der Waals surface area contributed by atoms with Gasteiger partial charge in [-0.1, -0.05) is 23.8 Å². The molecule has 0 radical (unpaired) electrons. The fraction of sp³-hybridized carbons (Fsp3) is 0.286. The molecule has 1 fully saturated rings. The van der Waals surface area contributed by atoms with Crippen LogP contribution in [0.5, 0.6) is 0 Å². The Hall–Kier alpha value is -3.36. The lowest BCUT2D eigenvalue weighted by Crippen LogP contribution is -2.68. The second-order valence-electron chi connectivity index (χ2n) is 7.70. The fourth-order valence-electron chi connectivity index (χ4n) is 4.13. The van der Waals surface area contributed by atoms with Crippen molar-refractivity contribution in [3.63, 3.8) is 0 Å². The molecular weight excluding hydrogens is 399 g/mol. The molecule has 0 aliphatic carbocycles. The summed E-state index contributed by atoms with van der Waals surface area (Å²) < 4.78 is 39.4. The van der Waals surface area contributed by atoms with Crippen LogP contribution >= 0.6 is 0 Å². The van der Waals surface area contributed by atoms with Crippen molar-refractivity contribution in [3.05, 3.63) is 59.2 Å². The Morgan fingerprint density at radius 3 is 2.50 bits per heavy atom. The quantitative estimate of drug-likeness (QED) is 0.723. The molecule has 0 aromatic heterocycles. The zero-order chi connectivity index (χ0) is 21.8. The maximum absolute atomic E-state index is 13.5. The molecule has 156 valence electrons. The average Bonchev–Trinajstić information content (AvgIpc) is 2.66. The maximum Gasteiger partial charge on any atom is 0.416 e. The lowest BCUT2D eigenvalue weighted by molar-refractivity contribution is -0.142. The van der Waals surface area contributed by atoms with Gasteiger partial charge >= 0.3 is 12.2 Å². The number of alkyl halides is 3. The zero-order valence-corrected chi connectivity index (χ0v) is 16.2. The summed E-state index contributed by atoms with van der Waals surface area (Å²) in [4.78, 5) is 41.1. The molecule has 2 aromatic rings. The minimum absolute atomic E-state index is 0.00350. The van der Waals surface area contributed by atoms with Crippen LogP contribution in [0.15, 0.2) is 42.5 Å². The second kappa shape index (κ2) is 6.58. The molecule has 0 unspecified atom stereocenters. The molecule has 1 N–H and O–H groups in total. The third-order valence-corrected chi connectivity index (χ3v) is 5.55. The number of carbonyl (C=O) groups excluding carboxylic acids is 3. The van der Waals surface area contributed by atoms with E-state index in [4.69, 9.17) is 0 Å². The van der Waals surface area contributed by atoms with Crippen LogP contribution in [0.3, 0.4) is 0 Å². The molecule has 9 heteroatoms. The van der Waals surface area contributed by atoms with Crippen molar-refractivity contribution in [2.75, 3.05) is 23.4 Å². The molecule has 2 aromatic carbocycles. The van der Waals surface area contributed by atoms with Crippen molar-refractivity contribution >= 4 is 29.2 Å². The Balaban J connectivity index is 1.79. The number of imide groups is 2. The third kappa shape index (κ3) is 3.01. The van der Waals surface area contributed by atoms with Gasteiger partial charge in [0.05, 0.1) is 11.3 Å². The standard InChI is InChI=1S/C21H18F3N3O3/c1-12-6-7-16-13(8-12)10-20(11-26(16)2)17(28)25-19(30)27(18(20)29)15-5-3-4-14(9-15)21(22,23)24/h3-9H,10-11H2,1-2H3,(H,25,28,30)/t20-/m1/s1. The van der Waals surface area contributed by atoms with E-state index >= 15 is 0 Å². The molecule has 0 saturated carbocycles. The van der Waals surface area contributed by atoms with Crippen molar-refractivity contribution in [3.8, 4) is 0 Å². The number of aryl methyl sites for hydroxylation is 1. The molecule has 2 aliphatic rings. The van der Waals surface area contributed by atoms with Crippen LogP contribution < -0.4 is 15.1 Å². The Bertz CT molecular complexity index is 1080. The zero-order valence-electron chi connectivity index (χ0n) is 16.2. The number of amides is 4. The van der Waals surface area contributed by atoms with E-state index in [1.165, 1.54) is 6.07 Å². The SMILES string of the molecule is Cc1ccc2c(c1)C[C@@]1(CN2C)C(=O)NC(=O)N(c2cccc(C(F)(F)F)c2)C1=O. The molecule has 1 atom stereocenters. The van der Waals surface area contributed by atoms with Crippen LogP contribution in [0.2, 0.25) is 0 Å². The first-order chi connectivity index (χ1) is 14.0. The number of carbonyl (C=O) groups is 3. The van der Waals surface area contributed by atoms with Gasteiger partial charge in [-0.05, 0) is 43.2 Å². The van der Waals surface area contributed by atoms with E-state index in [1.807, 2.05) is 25.1 Å². The molecule has 1 saturated heterocycles. The Kier molecular flexibility index (Phi) is 4.37. The summed E-state index contributed by atoms with van der Waals surface area (Å²) in [5, 5.41) is 2.16. The Morgan fingerprint density at radius 1 is 1.07 bits per heavy atom. The van der Waals surface area contributed by atoms with Gasteiger partial charge in [-0.15, -0.1) is 0 Å². The molecule has 6 nitrogen and oxygen atoms in total. The minimum atomic E-state index is -4.64. The summed E-state index contributed by atoms with van der Waals surface area (Å²) >= 11 is 0. The largest absolute Gasteiger partial charge is 0.416 e. The molecule has 2 heterocycles. The predicted molar refractivity (Wildman–Crippen MR) is 103 cm³/mol. The number of rotatable bonds is 1. The number of nitrogens with one attached hydrogen (secondary N) is 1. The first-order valence-corrected chi connectivity index (χ1v) is 9.21. The van der Waals surface area contributed by atoms with Crippen molar-refractivity contribution in [1.82, 2.24) is 5.32 Å². The number of urea groups is 1. The molecule has 4 rings (SSSR count). The van der Waals surface area contributed by atoms with E-state index in [0.717, 1.165) is 35.0 Å². The molecule has 4 amide bonds. The lowest BCUT2D eigenvalue weighted by Gasteiger charge is -2.45. The third-order valence-electron chi connectivity index (χ3n) is 5.55. The highest BCUT2D eigenvalue weighted by atomic mass is 19.4. The van der Waals surface area contributed by atoms with E-state index in [1.54, 1.807) is 11.9 Å². The van der Waals surface area contributed by atoms with Crippen molar-refractivity contribution in [2.45, 2.75) is 19.5 Å². The highest BCUT2D eigenvalue weighted by molar-refractivity contribution is 6.30. The van der Waals surface area contributed by atoms with Crippen LogP contribution in [-0.4, -0.2) is 31.4 Å². The topological polar surface area (TPSA) is 69.7 Å². The van der Waals surface area contributed by atoms with Gasteiger partial charge in [-0.2, -0.15) is 13.2 Å². The Labute approximate surface area is 170 Å². The van der Waals surface area contributed by atoms with Crippen molar-refractivity contribution in [1.29, 1.82) is 0 Å². The van der Waals surface area contributed by atoms with E-state index in [9.17, 15) is 27.6 Å². The summed E-state index contributed by atoms with van der Waals surface area (Å²) in [6.07, 6.45) is -4.60. The monoisotopic (exact) mass is 417 g/mol. The predicted octanol–water partition coefficient (Wildman–Crippen LogP) is 3.28. The number of nitrogens with zero attached hydrogens (tertiary/aromatic N) is 2. The molecule has 2 aliphatic heterocycles. The van der Waals surface area contributed by atoms with E-state index < -0.39 is 35.0 Å². The number of hydrogen-bond acceptors (Lipinski definition) is 4. The van der Waals surface area contributed by atoms with E-state index in [2.05, 4.69) is 5.32 Å². The fourth-order valence-corrected chi connectivity index (χ4v) is 4.13. The van der Waals surface area contributed by atoms with E-state index in [0.29, 0.717) is 4.90 Å². The first-order valence-electron chi connectivity index (χ1n) is 9.21. The van der Waals surface area contributed by atoms with Gasteiger partial charge in [0.15, 0.2) is 5.41 Å². The number of fused-ring (bicyclic) bond motifs is 1. The lowest BCUT2D eigenvalue weighted by atomic mass is 9.74. The smallest absolute Gasteiger partial charge is 0.373 e. The van der Waals surface area contributed by atoms with Crippen molar-refractivity contribution in [2.24, 2.45) is 5.41 Å². The summed E-state index contributed by atoms with van der Waals surface area (Å²) in [5.41, 5.74) is -0.309. The molecule has 0 bridgehead atoms. The van der Waals surface area contributed by atoms with Gasteiger partial charge in [0.1, 0.15) is 0 Å². The minimum Gasteiger partial charge on any atom is -0.373 e. The maximum atomic E-state index is 13.5. The van der Waals surface area contributed by atoms with Crippen LogP contribution in [-0.2, 0) is 22.2 Å². The molecular formula is C21H18F3N3O3.